The van der Waals surface area contributed by atoms with Crippen LogP contribution in [0.2, 0.25) is 0 Å². The highest BCUT2D eigenvalue weighted by Crippen LogP contribution is 2.27. The van der Waals surface area contributed by atoms with E-state index in [2.05, 4.69) is 39.9 Å². The van der Waals surface area contributed by atoms with Crippen molar-refractivity contribution < 1.29 is 4.79 Å². The SMILES string of the molecule is CC(C)(C)CC(C)(C)NC(=O)CCC(N)c1ccccc1. The zero-order valence-electron chi connectivity index (χ0n) is 14.1. The number of nitrogens with two attached hydrogens (primary N) is 1. The highest BCUT2D eigenvalue weighted by atomic mass is 16.1. The number of rotatable bonds is 6. The predicted molar refractivity (Wildman–Crippen MR) is 88.9 cm³/mol. The highest BCUT2D eigenvalue weighted by Gasteiger charge is 2.26. The zero-order chi connectivity index (χ0) is 16.1. The van der Waals surface area contributed by atoms with E-state index in [1.165, 1.54) is 0 Å². The van der Waals surface area contributed by atoms with Gasteiger partial charge in [0.15, 0.2) is 0 Å². The summed E-state index contributed by atoms with van der Waals surface area (Å²) in [6.45, 7) is 10.7. The van der Waals surface area contributed by atoms with Gasteiger partial charge in [0.1, 0.15) is 0 Å². The molecule has 1 amide bonds. The minimum atomic E-state index is -0.188. The van der Waals surface area contributed by atoms with Crippen molar-refractivity contribution in [3.63, 3.8) is 0 Å². The first-order valence-corrected chi connectivity index (χ1v) is 7.71. The van der Waals surface area contributed by atoms with E-state index in [1.54, 1.807) is 0 Å². The van der Waals surface area contributed by atoms with E-state index in [0.29, 0.717) is 12.8 Å². The molecule has 118 valence electrons. The van der Waals surface area contributed by atoms with Crippen LogP contribution in [-0.4, -0.2) is 11.4 Å². The topological polar surface area (TPSA) is 55.1 Å². The van der Waals surface area contributed by atoms with Gasteiger partial charge >= 0.3 is 0 Å². The quantitative estimate of drug-likeness (QED) is 0.837. The lowest BCUT2D eigenvalue weighted by atomic mass is 9.81. The van der Waals surface area contributed by atoms with Crippen molar-refractivity contribution >= 4 is 5.91 Å². The number of hydrogen-bond acceptors (Lipinski definition) is 2. The van der Waals surface area contributed by atoms with Crippen LogP contribution in [-0.2, 0) is 4.79 Å². The number of benzene rings is 1. The third kappa shape index (κ3) is 7.28. The Kier molecular flexibility index (Phi) is 5.97. The fraction of sp³-hybridized carbons (Fsp3) is 0.611. The maximum atomic E-state index is 12.1. The van der Waals surface area contributed by atoms with Gasteiger partial charge in [-0.15, -0.1) is 0 Å². The molecule has 0 saturated carbocycles. The fourth-order valence-corrected chi connectivity index (χ4v) is 2.96. The molecular formula is C18H30N2O. The van der Waals surface area contributed by atoms with Crippen LogP contribution in [0.1, 0.15) is 65.5 Å². The summed E-state index contributed by atoms with van der Waals surface area (Å²) in [7, 11) is 0. The summed E-state index contributed by atoms with van der Waals surface area (Å²) in [5.74, 6) is 0.0793. The first kappa shape index (κ1) is 17.7. The Morgan fingerprint density at radius 3 is 2.24 bits per heavy atom. The molecule has 3 nitrogen and oxygen atoms in total. The molecule has 21 heavy (non-hydrogen) atoms. The van der Waals surface area contributed by atoms with Crippen molar-refractivity contribution in [1.29, 1.82) is 0 Å². The molecule has 0 spiro atoms. The maximum Gasteiger partial charge on any atom is 0.220 e. The molecule has 0 saturated heterocycles. The van der Waals surface area contributed by atoms with Crippen LogP contribution < -0.4 is 11.1 Å². The highest BCUT2D eigenvalue weighted by molar-refractivity contribution is 5.76. The van der Waals surface area contributed by atoms with Gasteiger partial charge in [-0.3, -0.25) is 4.79 Å². The molecule has 0 aliphatic heterocycles. The summed E-state index contributed by atoms with van der Waals surface area (Å²) in [6, 6.07) is 9.85. The molecule has 0 fully saturated rings. The summed E-state index contributed by atoms with van der Waals surface area (Å²) in [6.07, 6.45) is 2.07. The number of hydrogen-bond donors (Lipinski definition) is 2. The van der Waals surface area contributed by atoms with E-state index in [0.717, 1.165) is 12.0 Å². The molecule has 0 bridgehead atoms. The Labute approximate surface area is 129 Å². The second-order valence-corrected chi connectivity index (χ2v) is 7.73. The van der Waals surface area contributed by atoms with Crippen molar-refractivity contribution in [1.82, 2.24) is 5.32 Å². The van der Waals surface area contributed by atoms with E-state index in [1.807, 2.05) is 30.3 Å². The molecule has 1 aromatic carbocycles. The third-order valence-corrected chi connectivity index (χ3v) is 3.36. The number of nitrogens with one attached hydrogen (secondary N) is 1. The van der Waals surface area contributed by atoms with E-state index in [9.17, 15) is 4.79 Å². The molecule has 0 heterocycles. The van der Waals surface area contributed by atoms with Crippen molar-refractivity contribution in [2.24, 2.45) is 11.1 Å². The van der Waals surface area contributed by atoms with Crippen molar-refractivity contribution in [3.8, 4) is 0 Å². The number of amides is 1. The molecule has 0 radical (unpaired) electrons. The van der Waals surface area contributed by atoms with Crippen molar-refractivity contribution in [2.45, 2.75) is 65.5 Å². The molecule has 3 N–H and O–H groups in total. The number of carbonyl (C=O) groups excluding carboxylic acids is 1. The van der Waals surface area contributed by atoms with Gasteiger partial charge in [0.2, 0.25) is 5.91 Å². The Balaban J connectivity index is 2.44. The second-order valence-electron chi connectivity index (χ2n) is 7.73. The molecule has 0 aliphatic rings. The molecular weight excluding hydrogens is 260 g/mol. The van der Waals surface area contributed by atoms with Crippen LogP contribution in [0.4, 0.5) is 0 Å². The molecule has 1 aromatic rings. The van der Waals surface area contributed by atoms with Gasteiger partial charge in [0.25, 0.3) is 0 Å². The Morgan fingerprint density at radius 1 is 1.14 bits per heavy atom. The van der Waals surface area contributed by atoms with E-state index < -0.39 is 0 Å². The summed E-state index contributed by atoms with van der Waals surface area (Å²) in [4.78, 5) is 12.1. The smallest absolute Gasteiger partial charge is 0.220 e. The monoisotopic (exact) mass is 290 g/mol. The van der Waals surface area contributed by atoms with E-state index in [-0.39, 0.29) is 22.9 Å². The zero-order valence-corrected chi connectivity index (χ0v) is 14.1. The van der Waals surface area contributed by atoms with Crippen LogP contribution in [0.25, 0.3) is 0 Å². The maximum absolute atomic E-state index is 12.1. The average molecular weight is 290 g/mol. The minimum Gasteiger partial charge on any atom is -0.351 e. The lowest BCUT2D eigenvalue weighted by molar-refractivity contribution is -0.123. The van der Waals surface area contributed by atoms with Gasteiger partial charge < -0.3 is 11.1 Å². The Morgan fingerprint density at radius 2 is 1.71 bits per heavy atom. The van der Waals surface area contributed by atoms with Gasteiger partial charge in [-0.2, -0.15) is 0 Å². The Bertz CT molecular complexity index is 446. The van der Waals surface area contributed by atoms with Crippen LogP contribution in [0.15, 0.2) is 30.3 Å². The standard InChI is InChI=1S/C18H30N2O/c1-17(2,3)13-18(4,5)20-16(21)12-11-15(19)14-9-7-6-8-10-14/h6-10,15H,11-13,19H2,1-5H3,(H,20,21). The first-order valence-electron chi connectivity index (χ1n) is 7.71. The number of carbonyl (C=O) groups is 1. The summed E-state index contributed by atoms with van der Waals surface area (Å²) < 4.78 is 0. The van der Waals surface area contributed by atoms with Gasteiger partial charge in [-0.1, -0.05) is 51.1 Å². The lowest BCUT2D eigenvalue weighted by Gasteiger charge is -2.33. The van der Waals surface area contributed by atoms with Crippen molar-refractivity contribution in [2.75, 3.05) is 0 Å². The van der Waals surface area contributed by atoms with Crippen LogP contribution >= 0.6 is 0 Å². The van der Waals surface area contributed by atoms with E-state index >= 15 is 0 Å². The molecule has 3 heteroatoms. The molecule has 1 atom stereocenters. The summed E-state index contributed by atoms with van der Waals surface area (Å²) in [5, 5.41) is 3.13. The van der Waals surface area contributed by atoms with Crippen LogP contribution in [0, 0.1) is 5.41 Å². The molecule has 1 rings (SSSR count). The van der Waals surface area contributed by atoms with Gasteiger partial charge in [0, 0.05) is 18.0 Å². The largest absolute Gasteiger partial charge is 0.351 e. The van der Waals surface area contributed by atoms with Crippen LogP contribution in [0.5, 0.6) is 0 Å². The van der Waals surface area contributed by atoms with Crippen molar-refractivity contribution in [3.05, 3.63) is 35.9 Å². The van der Waals surface area contributed by atoms with Gasteiger partial charge in [-0.05, 0) is 37.7 Å². The first-order chi connectivity index (χ1) is 9.59. The molecule has 1 unspecified atom stereocenters. The fourth-order valence-electron chi connectivity index (χ4n) is 2.96. The Hall–Kier alpha value is -1.35. The van der Waals surface area contributed by atoms with Crippen LogP contribution in [0.3, 0.4) is 0 Å². The summed E-state index contributed by atoms with van der Waals surface area (Å²) in [5.41, 5.74) is 7.21. The lowest BCUT2D eigenvalue weighted by Crippen LogP contribution is -2.45. The normalized spacial score (nSPS) is 13.8. The van der Waals surface area contributed by atoms with Gasteiger partial charge in [-0.25, -0.2) is 0 Å². The van der Waals surface area contributed by atoms with Gasteiger partial charge in [0.05, 0.1) is 0 Å². The average Bonchev–Trinajstić information content (AvgIpc) is 2.33. The summed E-state index contributed by atoms with van der Waals surface area (Å²) >= 11 is 0. The predicted octanol–water partition coefficient (Wildman–Crippen LogP) is 3.80. The second kappa shape index (κ2) is 7.08. The molecule has 0 aromatic heterocycles. The molecule has 0 aliphatic carbocycles. The minimum absolute atomic E-state index is 0.0793. The third-order valence-electron chi connectivity index (χ3n) is 3.36. The van der Waals surface area contributed by atoms with E-state index in [4.69, 9.17) is 5.73 Å².